The Morgan fingerprint density at radius 2 is 2.04 bits per heavy atom. The average molecular weight is 340 g/mol. The van der Waals surface area contributed by atoms with Gasteiger partial charge in [0.25, 0.3) is 0 Å². The SMILES string of the molecule is Cc1ccc2nc(/C(C#N)=C\c3cn(C(C)C)c4ccccc34)[nH]c2c1. The van der Waals surface area contributed by atoms with Crippen molar-refractivity contribution in [2.45, 2.75) is 26.8 Å². The summed E-state index contributed by atoms with van der Waals surface area (Å²) < 4.78 is 2.23. The largest absolute Gasteiger partial charge is 0.344 e. The van der Waals surface area contributed by atoms with Gasteiger partial charge in [-0.05, 0) is 50.6 Å². The Balaban J connectivity index is 1.88. The first kappa shape index (κ1) is 16.2. The first-order valence-electron chi connectivity index (χ1n) is 8.75. The van der Waals surface area contributed by atoms with Gasteiger partial charge in [-0.15, -0.1) is 0 Å². The Hall–Kier alpha value is -3.32. The number of hydrogen-bond acceptors (Lipinski definition) is 2. The Morgan fingerprint density at radius 1 is 1.23 bits per heavy atom. The number of imidazole rings is 1. The molecule has 0 fully saturated rings. The summed E-state index contributed by atoms with van der Waals surface area (Å²) in [7, 11) is 0. The van der Waals surface area contributed by atoms with E-state index in [2.05, 4.69) is 52.8 Å². The Bertz CT molecular complexity index is 1180. The van der Waals surface area contributed by atoms with Gasteiger partial charge in [-0.1, -0.05) is 24.3 Å². The predicted octanol–water partition coefficient (Wildman–Crippen LogP) is 5.47. The molecule has 0 spiro atoms. The van der Waals surface area contributed by atoms with Crippen LogP contribution in [0.2, 0.25) is 0 Å². The van der Waals surface area contributed by atoms with Crippen molar-refractivity contribution < 1.29 is 0 Å². The molecule has 4 nitrogen and oxygen atoms in total. The van der Waals surface area contributed by atoms with Gasteiger partial charge >= 0.3 is 0 Å². The molecule has 0 radical (unpaired) electrons. The van der Waals surface area contributed by atoms with Crippen LogP contribution in [0.3, 0.4) is 0 Å². The first-order chi connectivity index (χ1) is 12.6. The molecule has 128 valence electrons. The van der Waals surface area contributed by atoms with Crippen LogP contribution in [-0.4, -0.2) is 14.5 Å². The van der Waals surface area contributed by atoms with Crippen molar-refractivity contribution in [3.8, 4) is 6.07 Å². The summed E-state index contributed by atoms with van der Waals surface area (Å²) in [6.45, 7) is 6.36. The first-order valence-corrected chi connectivity index (χ1v) is 8.75. The summed E-state index contributed by atoms with van der Waals surface area (Å²) in [6, 6.07) is 17.0. The second kappa shape index (κ2) is 6.20. The van der Waals surface area contributed by atoms with Crippen LogP contribution in [0, 0.1) is 18.3 Å². The number of H-pyrrole nitrogens is 1. The Kier molecular flexibility index (Phi) is 3.85. The van der Waals surface area contributed by atoms with Gasteiger partial charge in [0.05, 0.1) is 16.6 Å². The van der Waals surface area contributed by atoms with E-state index in [1.807, 2.05) is 43.3 Å². The zero-order chi connectivity index (χ0) is 18.3. The van der Waals surface area contributed by atoms with Crippen LogP contribution < -0.4 is 0 Å². The molecule has 0 amide bonds. The van der Waals surface area contributed by atoms with Crippen LogP contribution in [0.4, 0.5) is 0 Å². The number of nitrogens with zero attached hydrogens (tertiary/aromatic N) is 3. The minimum Gasteiger partial charge on any atom is -0.344 e. The molecule has 0 unspecified atom stereocenters. The Labute approximate surface area is 152 Å². The average Bonchev–Trinajstić information content (AvgIpc) is 3.20. The summed E-state index contributed by atoms with van der Waals surface area (Å²) in [4.78, 5) is 7.87. The number of benzene rings is 2. The van der Waals surface area contributed by atoms with Gasteiger partial charge in [0.15, 0.2) is 0 Å². The number of aromatic amines is 1. The standard InChI is InChI=1S/C22H20N4/c1-14(2)26-13-17(18-6-4-5-7-21(18)26)11-16(12-23)22-24-19-9-8-15(3)10-20(19)25-22/h4-11,13-14H,1-3H3,(H,24,25)/b16-11-. The van der Waals surface area contributed by atoms with Crippen molar-refractivity contribution >= 4 is 33.6 Å². The van der Waals surface area contributed by atoms with E-state index in [1.54, 1.807) is 0 Å². The van der Waals surface area contributed by atoms with E-state index in [-0.39, 0.29) is 0 Å². The molecule has 0 aliphatic carbocycles. The summed E-state index contributed by atoms with van der Waals surface area (Å²) in [6.07, 6.45) is 4.03. The van der Waals surface area contributed by atoms with E-state index < -0.39 is 0 Å². The van der Waals surface area contributed by atoms with Crippen LogP contribution in [0.5, 0.6) is 0 Å². The van der Waals surface area contributed by atoms with Crippen LogP contribution in [-0.2, 0) is 0 Å². The van der Waals surface area contributed by atoms with Crippen molar-refractivity contribution in [1.29, 1.82) is 5.26 Å². The molecule has 4 rings (SSSR count). The lowest BCUT2D eigenvalue weighted by Gasteiger charge is -2.08. The molecular weight excluding hydrogens is 320 g/mol. The third-order valence-electron chi connectivity index (χ3n) is 4.64. The van der Waals surface area contributed by atoms with E-state index >= 15 is 0 Å². The van der Waals surface area contributed by atoms with Gasteiger partial charge < -0.3 is 9.55 Å². The van der Waals surface area contributed by atoms with Crippen LogP contribution in [0.15, 0.2) is 48.7 Å². The van der Waals surface area contributed by atoms with E-state index in [4.69, 9.17) is 0 Å². The lowest BCUT2D eigenvalue weighted by molar-refractivity contribution is 0.622. The van der Waals surface area contributed by atoms with Gasteiger partial charge in [-0.3, -0.25) is 0 Å². The normalized spacial score (nSPS) is 12.2. The molecule has 0 bridgehead atoms. The predicted molar refractivity (Wildman–Crippen MR) is 107 cm³/mol. The lowest BCUT2D eigenvalue weighted by atomic mass is 10.1. The number of para-hydroxylation sites is 1. The van der Waals surface area contributed by atoms with E-state index in [1.165, 1.54) is 5.52 Å². The topological polar surface area (TPSA) is 57.4 Å². The van der Waals surface area contributed by atoms with Gasteiger partial charge in [-0.2, -0.15) is 5.26 Å². The summed E-state index contributed by atoms with van der Waals surface area (Å²) >= 11 is 0. The minimum absolute atomic E-state index is 0.349. The quantitative estimate of drug-likeness (QED) is 0.503. The number of allylic oxidation sites excluding steroid dienone is 1. The van der Waals surface area contributed by atoms with Crippen molar-refractivity contribution in [3.63, 3.8) is 0 Å². The molecule has 4 heteroatoms. The van der Waals surface area contributed by atoms with Crippen molar-refractivity contribution in [2.24, 2.45) is 0 Å². The summed E-state index contributed by atoms with van der Waals surface area (Å²) in [5.41, 5.74) is 5.72. The lowest BCUT2D eigenvalue weighted by Crippen LogP contribution is -1.97. The highest BCUT2D eigenvalue weighted by molar-refractivity contribution is 5.98. The molecule has 0 aliphatic heterocycles. The maximum atomic E-state index is 9.72. The van der Waals surface area contributed by atoms with Gasteiger partial charge in [0.2, 0.25) is 0 Å². The molecule has 2 heterocycles. The zero-order valence-corrected chi connectivity index (χ0v) is 15.1. The molecule has 0 saturated heterocycles. The highest BCUT2D eigenvalue weighted by atomic mass is 15.0. The molecule has 0 atom stereocenters. The van der Waals surface area contributed by atoms with E-state index in [0.717, 1.165) is 27.5 Å². The second-order valence-corrected chi connectivity index (χ2v) is 6.88. The monoisotopic (exact) mass is 340 g/mol. The maximum absolute atomic E-state index is 9.72. The van der Waals surface area contributed by atoms with Crippen molar-refractivity contribution in [1.82, 2.24) is 14.5 Å². The van der Waals surface area contributed by atoms with Crippen LogP contribution >= 0.6 is 0 Å². The van der Waals surface area contributed by atoms with E-state index in [0.29, 0.717) is 17.4 Å². The fourth-order valence-corrected chi connectivity index (χ4v) is 3.33. The molecular formula is C22H20N4. The molecule has 2 aromatic carbocycles. The maximum Gasteiger partial charge on any atom is 0.149 e. The fourth-order valence-electron chi connectivity index (χ4n) is 3.33. The summed E-state index contributed by atoms with van der Waals surface area (Å²) in [5, 5.41) is 10.9. The molecule has 2 aromatic heterocycles. The summed E-state index contributed by atoms with van der Waals surface area (Å²) in [5.74, 6) is 0.606. The van der Waals surface area contributed by atoms with Crippen molar-refractivity contribution in [3.05, 3.63) is 65.6 Å². The van der Waals surface area contributed by atoms with Crippen LogP contribution in [0.1, 0.15) is 36.8 Å². The zero-order valence-electron chi connectivity index (χ0n) is 15.1. The number of rotatable bonds is 3. The third-order valence-corrected chi connectivity index (χ3v) is 4.64. The highest BCUT2D eigenvalue weighted by Crippen LogP contribution is 2.28. The van der Waals surface area contributed by atoms with Crippen molar-refractivity contribution in [2.75, 3.05) is 0 Å². The number of hydrogen-bond donors (Lipinski definition) is 1. The molecule has 4 aromatic rings. The second-order valence-electron chi connectivity index (χ2n) is 6.88. The Morgan fingerprint density at radius 3 is 2.81 bits per heavy atom. The fraction of sp³-hybridized carbons (Fsp3) is 0.182. The minimum atomic E-state index is 0.349. The smallest absolute Gasteiger partial charge is 0.149 e. The molecule has 0 saturated carbocycles. The molecule has 26 heavy (non-hydrogen) atoms. The third kappa shape index (κ3) is 2.68. The van der Waals surface area contributed by atoms with Crippen LogP contribution in [0.25, 0.3) is 33.6 Å². The molecule has 0 aliphatic rings. The molecule has 1 N–H and O–H groups in total. The highest BCUT2D eigenvalue weighted by Gasteiger charge is 2.12. The number of aryl methyl sites for hydroxylation is 1. The van der Waals surface area contributed by atoms with Gasteiger partial charge in [0.1, 0.15) is 11.9 Å². The number of nitrogens with one attached hydrogen (secondary N) is 1. The van der Waals surface area contributed by atoms with Gasteiger partial charge in [0, 0.05) is 28.7 Å². The number of fused-ring (bicyclic) bond motifs is 2. The number of nitriles is 1. The number of aromatic nitrogens is 3. The van der Waals surface area contributed by atoms with Gasteiger partial charge in [-0.25, -0.2) is 4.98 Å². The van der Waals surface area contributed by atoms with E-state index in [9.17, 15) is 5.26 Å².